The predicted molar refractivity (Wildman–Crippen MR) is 46.1 cm³/mol. The molecule has 0 spiro atoms. The number of halogens is 1. The predicted octanol–water partition coefficient (Wildman–Crippen LogP) is 1.08. The van der Waals surface area contributed by atoms with E-state index in [0.29, 0.717) is 5.16 Å². The van der Waals surface area contributed by atoms with E-state index in [9.17, 15) is 0 Å². The molecule has 2 nitrogen and oxygen atoms in total. The first kappa shape index (κ1) is 6.95. The second-order valence-electron chi connectivity index (χ2n) is 2.57. The molecule has 0 saturated carbocycles. The average Bonchev–Trinajstić information content (AvgIpc) is 2.04. The molecule has 2 N–H and O–H groups in total. The highest BCUT2D eigenvalue weighted by Crippen LogP contribution is 2.14. The number of nitrogens with one attached hydrogen (secondary N) is 2. The van der Waals surface area contributed by atoms with Crippen LogP contribution in [0.3, 0.4) is 0 Å². The molecule has 0 aliphatic carbocycles. The van der Waals surface area contributed by atoms with Crippen LogP contribution in [0.5, 0.6) is 0 Å². The standard InChI is InChI=1S/C8H9ClN2/c9-7-4-3-6-2-1-5-10-8(6)11-7/h1-4,8,10-11H,5H2. The van der Waals surface area contributed by atoms with Gasteiger partial charge in [-0.1, -0.05) is 29.8 Å². The van der Waals surface area contributed by atoms with Gasteiger partial charge in [0, 0.05) is 6.54 Å². The summed E-state index contributed by atoms with van der Waals surface area (Å²) >= 11 is 5.78. The number of hydrogen-bond acceptors (Lipinski definition) is 2. The van der Waals surface area contributed by atoms with Gasteiger partial charge in [0.1, 0.15) is 11.3 Å². The number of fused-ring (bicyclic) bond motifs is 1. The third kappa shape index (κ3) is 1.32. The quantitative estimate of drug-likeness (QED) is 0.529. The second kappa shape index (κ2) is 2.72. The molecule has 0 saturated heterocycles. The van der Waals surface area contributed by atoms with E-state index in [0.717, 1.165) is 6.54 Å². The highest BCUT2D eigenvalue weighted by atomic mass is 35.5. The molecule has 0 bridgehead atoms. The molecule has 2 aliphatic heterocycles. The van der Waals surface area contributed by atoms with E-state index in [-0.39, 0.29) is 6.17 Å². The van der Waals surface area contributed by atoms with Crippen molar-refractivity contribution < 1.29 is 0 Å². The Labute approximate surface area is 70.6 Å². The fourth-order valence-electron chi connectivity index (χ4n) is 1.24. The fourth-order valence-corrected chi connectivity index (χ4v) is 1.41. The Morgan fingerprint density at radius 2 is 2.36 bits per heavy atom. The maximum Gasteiger partial charge on any atom is 0.104 e. The lowest BCUT2D eigenvalue weighted by Gasteiger charge is -2.26. The van der Waals surface area contributed by atoms with Crippen LogP contribution in [0, 0.1) is 0 Å². The van der Waals surface area contributed by atoms with Crippen molar-refractivity contribution in [3.05, 3.63) is 35.0 Å². The summed E-state index contributed by atoms with van der Waals surface area (Å²) in [7, 11) is 0. The zero-order valence-corrected chi connectivity index (χ0v) is 6.73. The van der Waals surface area contributed by atoms with E-state index in [1.807, 2.05) is 12.2 Å². The van der Waals surface area contributed by atoms with Crippen LogP contribution in [0.2, 0.25) is 0 Å². The lowest BCUT2D eigenvalue weighted by atomic mass is 10.1. The topological polar surface area (TPSA) is 24.1 Å². The maximum absolute atomic E-state index is 5.78. The van der Waals surface area contributed by atoms with Crippen molar-refractivity contribution in [2.75, 3.05) is 6.54 Å². The Kier molecular flexibility index (Phi) is 1.72. The summed E-state index contributed by atoms with van der Waals surface area (Å²) in [6, 6.07) is 0. The van der Waals surface area contributed by atoms with Crippen molar-refractivity contribution in [2.45, 2.75) is 6.17 Å². The van der Waals surface area contributed by atoms with Crippen molar-refractivity contribution in [3.63, 3.8) is 0 Å². The monoisotopic (exact) mass is 168 g/mol. The molecular formula is C8H9ClN2. The Hall–Kier alpha value is -0.730. The summed E-state index contributed by atoms with van der Waals surface area (Å²) in [5.74, 6) is 0. The van der Waals surface area contributed by atoms with E-state index >= 15 is 0 Å². The molecular weight excluding hydrogens is 160 g/mol. The van der Waals surface area contributed by atoms with Crippen LogP contribution in [0.15, 0.2) is 35.0 Å². The van der Waals surface area contributed by atoms with Crippen molar-refractivity contribution in [1.82, 2.24) is 10.6 Å². The van der Waals surface area contributed by atoms with Gasteiger partial charge in [-0.15, -0.1) is 0 Å². The van der Waals surface area contributed by atoms with Crippen LogP contribution < -0.4 is 10.6 Å². The van der Waals surface area contributed by atoms with Crippen LogP contribution in [0.25, 0.3) is 0 Å². The van der Waals surface area contributed by atoms with Gasteiger partial charge in [-0.2, -0.15) is 0 Å². The van der Waals surface area contributed by atoms with Gasteiger partial charge in [0.25, 0.3) is 0 Å². The van der Waals surface area contributed by atoms with Crippen molar-refractivity contribution in [2.24, 2.45) is 0 Å². The van der Waals surface area contributed by atoms with Crippen LogP contribution in [0.4, 0.5) is 0 Å². The molecule has 1 atom stereocenters. The van der Waals surface area contributed by atoms with Gasteiger partial charge in [-0.05, 0) is 11.6 Å². The molecule has 11 heavy (non-hydrogen) atoms. The summed E-state index contributed by atoms with van der Waals surface area (Å²) in [6.45, 7) is 0.902. The van der Waals surface area contributed by atoms with E-state index in [4.69, 9.17) is 11.6 Å². The van der Waals surface area contributed by atoms with Gasteiger partial charge in [-0.25, -0.2) is 0 Å². The van der Waals surface area contributed by atoms with Crippen LogP contribution in [-0.4, -0.2) is 12.7 Å². The van der Waals surface area contributed by atoms with Gasteiger partial charge in [0.05, 0.1) is 0 Å². The Bertz CT molecular complexity index is 253. The highest BCUT2D eigenvalue weighted by molar-refractivity contribution is 6.29. The van der Waals surface area contributed by atoms with Gasteiger partial charge in [0.2, 0.25) is 0 Å². The molecule has 2 aliphatic rings. The smallest absolute Gasteiger partial charge is 0.104 e. The third-order valence-corrected chi connectivity index (χ3v) is 2.02. The summed E-state index contributed by atoms with van der Waals surface area (Å²) in [5.41, 5.74) is 1.24. The molecule has 3 heteroatoms. The fraction of sp³-hybridized carbons (Fsp3) is 0.250. The van der Waals surface area contributed by atoms with Crippen LogP contribution >= 0.6 is 11.6 Å². The van der Waals surface area contributed by atoms with Gasteiger partial charge >= 0.3 is 0 Å². The van der Waals surface area contributed by atoms with E-state index in [1.165, 1.54) is 5.57 Å². The summed E-state index contributed by atoms with van der Waals surface area (Å²) < 4.78 is 0. The van der Waals surface area contributed by atoms with E-state index in [2.05, 4.69) is 22.8 Å². The first-order chi connectivity index (χ1) is 5.36. The highest BCUT2D eigenvalue weighted by Gasteiger charge is 2.16. The molecule has 58 valence electrons. The zero-order chi connectivity index (χ0) is 7.68. The van der Waals surface area contributed by atoms with E-state index < -0.39 is 0 Å². The van der Waals surface area contributed by atoms with Crippen molar-refractivity contribution in [1.29, 1.82) is 0 Å². The van der Waals surface area contributed by atoms with Crippen molar-refractivity contribution >= 4 is 11.6 Å². The molecule has 2 rings (SSSR count). The Morgan fingerprint density at radius 3 is 3.27 bits per heavy atom. The molecule has 2 heterocycles. The van der Waals surface area contributed by atoms with Crippen LogP contribution in [0.1, 0.15) is 0 Å². The number of dihydropyridines is 1. The molecule has 0 aromatic rings. The summed E-state index contributed by atoms with van der Waals surface area (Å²) in [6.07, 6.45) is 8.29. The third-order valence-electron chi connectivity index (χ3n) is 1.79. The summed E-state index contributed by atoms with van der Waals surface area (Å²) in [5, 5.41) is 7.07. The van der Waals surface area contributed by atoms with Crippen molar-refractivity contribution in [3.8, 4) is 0 Å². The normalized spacial score (nSPS) is 28.3. The zero-order valence-electron chi connectivity index (χ0n) is 5.97. The minimum Gasteiger partial charge on any atom is -0.357 e. The number of hydrogen-bond donors (Lipinski definition) is 2. The van der Waals surface area contributed by atoms with Gasteiger partial charge in [0.15, 0.2) is 0 Å². The minimum absolute atomic E-state index is 0.206. The molecule has 1 unspecified atom stereocenters. The maximum atomic E-state index is 5.78. The molecule has 0 aromatic heterocycles. The Balaban J connectivity index is 2.27. The second-order valence-corrected chi connectivity index (χ2v) is 2.98. The van der Waals surface area contributed by atoms with Crippen LogP contribution in [-0.2, 0) is 0 Å². The number of allylic oxidation sites excluding steroid dienone is 2. The molecule has 0 radical (unpaired) electrons. The molecule has 0 amide bonds. The van der Waals surface area contributed by atoms with Gasteiger partial charge < -0.3 is 5.32 Å². The minimum atomic E-state index is 0.206. The lowest BCUT2D eigenvalue weighted by Crippen LogP contribution is -2.45. The Morgan fingerprint density at radius 1 is 1.45 bits per heavy atom. The van der Waals surface area contributed by atoms with E-state index in [1.54, 1.807) is 0 Å². The lowest BCUT2D eigenvalue weighted by molar-refractivity contribution is 0.544. The first-order valence-corrected chi connectivity index (χ1v) is 3.98. The largest absolute Gasteiger partial charge is 0.357 e. The SMILES string of the molecule is ClC1=CC=C2C=CCNC2N1. The average molecular weight is 169 g/mol. The van der Waals surface area contributed by atoms with Gasteiger partial charge in [-0.3, -0.25) is 5.32 Å². The number of rotatable bonds is 0. The summed E-state index contributed by atoms with van der Waals surface area (Å²) in [4.78, 5) is 0. The molecule has 0 aromatic carbocycles. The first-order valence-electron chi connectivity index (χ1n) is 3.60. The molecule has 0 fully saturated rings.